The SMILES string of the molecule is C[C@H](NC[C@@H](O)Cn1cccn1)c1cc(F)c(Cl)cc1Cl. The molecule has 7 heteroatoms. The molecule has 114 valence electrons. The first-order valence-corrected chi connectivity index (χ1v) is 7.26. The third-order valence-corrected chi connectivity index (χ3v) is 3.74. The van der Waals surface area contributed by atoms with Crippen molar-refractivity contribution in [1.82, 2.24) is 15.1 Å². The smallest absolute Gasteiger partial charge is 0.142 e. The van der Waals surface area contributed by atoms with Crippen LogP contribution in [0.1, 0.15) is 18.5 Å². The average molecular weight is 332 g/mol. The van der Waals surface area contributed by atoms with Crippen LogP contribution in [0, 0.1) is 5.82 Å². The lowest BCUT2D eigenvalue weighted by atomic mass is 10.1. The van der Waals surface area contributed by atoms with Crippen molar-refractivity contribution in [2.45, 2.75) is 25.6 Å². The quantitative estimate of drug-likeness (QED) is 0.800. The number of aromatic nitrogens is 2. The first-order valence-electron chi connectivity index (χ1n) is 6.50. The van der Waals surface area contributed by atoms with Crippen LogP contribution in [-0.4, -0.2) is 27.5 Å². The molecule has 0 saturated heterocycles. The van der Waals surface area contributed by atoms with E-state index in [9.17, 15) is 9.50 Å². The standard InChI is InChI=1S/C14H16Cl2FN3O/c1-9(11-5-14(17)13(16)6-12(11)15)18-7-10(21)8-20-4-2-3-19-20/h2-6,9-10,18,21H,7-8H2,1H3/t9-,10+/m0/s1. The van der Waals surface area contributed by atoms with Crippen molar-refractivity contribution in [1.29, 1.82) is 0 Å². The Morgan fingerprint density at radius 2 is 2.14 bits per heavy atom. The maximum Gasteiger partial charge on any atom is 0.142 e. The number of rotatable bonds is 6. The number of aliphatic hydroxyl groups is 1. The molecule has 2 aromatic rings. The topological polar surface area (TPSA) is 50.1 Å². The van der Waals surface area contributed by atoms with E-state index in [2.05, 4.69) is 10.4 Å². The summed E-state index contributed by atoms with van der Waals surface area (Å²) in [7, 11) is 0. The van der Waals surface area contributed by atoms with Gasteiger partial charge in [0.2, 0.25) is 0 Å². The summed E-state index contributed by atoms with van der Waals surface area (Å²) in [6.45, 7) is 2.56. The molecule has 2 N–H and O–H groups in total. The summed E-state index contributed by atoms with van der Waals surface area (Å²) in [4.78, 5) is 0. The van der Waals surface area contributed by atoms with Crippen LogP contribution in [0.2, 0.25) is 10.0 Å². The van der Waals surface area contributed by atoms with Gasteiger partial charge in [-0.05, 0) is 30.7 Å². The molecule has 2 rings (SSSR count). The van der Waals surface area contributed by atoms with E-state index in [-0.39, 0.29) is 11.1 Å². The predicted molar refractivity (Wildman–Crippen MR) is 81.1 cm³/mol. The Labute approximate surface area is 132 Å². The maximum atomic E-state index is 13.5. The summed E-state index contributed by atoms with van der Waals surface area (Å²) < 4.78 is 15.1. The van der Waals surface area contributed by atoms with Gasteiger partial charge >= 0.3 is 0 Å². The number of hydrogen-bond donors (Lipinski definition) is 2. The molecule has 0 aliphatic carbocycles. The molecule has 0 amide bonds. The molecular weight excluding hydrogens is 316 g/mol. The highest BCUT2D eigenvalue weighted by Crippen LogP contribution is 2.28. The highest BCUT2D eigenvalue weighted by Gasteiger charge is 2.14. The van der Waals surface area contributed by atoms with E-state index in [1.54, 1.807) is 23.1 Å². The van der Waals surface area contributed by atoms with Gasteiger partial charge in [0, 0.05) is 30.0 Å². The van der Waals surface area contributed by atoms with Gasteiger partial charge in [-0.25, -0.2) is 4.39 Å². The van der Waals surface area contributed by atoms with Crippen LogP contribution >= 0.6 is 23.2 Å². The summed E-state index contributed by atoms with van der Waals surface area (Å²) in [5, 5.41) is 17.5. The summed E-state index contributed by atoms with van der Waals surface area (Å²) in [5.41, 5.74) is 0.602. The van der Waals surface area contributed by atoms with Crippen molar-refractivity contribution in [3.05, 3.63) is 52.0 Å². The van der Waals surface area contributed by atoms with Gasteiger partial charge in [0.05, 0.1) is 17.7 Å². The highest BCUT2D eigenvalue weighted by molar-refractivity contribution is 6.35. The molecule has 0 fully saturated rings. The molecule has 0 aliphatic heterocycles. The number of nitrogens with one attached hydrogen (secondary N) is 1. The Morgan fingerprint density at radius 1 is 1.38 bits per heavy atom. The Hall–Kier alpha value is -1.14. The number of halogens is 3. The summed E-state index contributed by atoms with van der Waals surface area (Å²) in [6.07, 6.45) is 2.82. The molecule has 0 bridgehead atoms. The number of hydrogen-bond acceptors (Lipinski definition) is 3. The Kier molecular flexibility index (Phi) is 5.58. The fourth-order valence-corrected chi connectivity index (χ4v) is 2.53. The minimum Gasteiger partial charge on any atom is -0.390 e. The zero-order chi connectivity index (χ0) is 15.4. The zero-order valence-corrected chi connectivity index (χ0v) is 12.9. The predicted octanol–water partition coefficient (Wildman–Crippen LogP) is 3.04. The molecule has 0 spiro atoms. The van der Waals surface area contributed by atoms with E-state index >= 15 is 0 Å². The van der Waals surface area contributed by atoms with Gasteiger partial charge in [-0.3, -0.25) is 4.68 Å². The van der Waals surface area contributed by atoms with E-state index in [1.807, 2.05) is 6.92 Å². The van der Waals surface area contributed by atoms with Crippen LogP contribution in [0.15, 0.2) is 30.6 Å². The second-order valence-corrected chi connectivity index (χ2v) is 5.61. The molecule has 0 aliphatic rings. The molecule has 4 nitrogen and oxygen atoms in total. The van der Waals surface area contributed by atoms with Gasteiger partial charge in [-0.2, -0.15) is 5.10 Å². The monoisotopic (exact) mass is 331 g/mol. The molecule has 2 atom stereocenters. The van der Waals surface area contributed by atoms with Gasteiger partial charge in [-0.15, -0.1) is 0 Å². The van der Waals surface area contributed by atoms with E-state index in [0.717, 1.165) is 0 Å². The van der Waals surface area contributed by atoms with Crippen LogP contribution in [0.25, 0.3) is 0 Å². The molecule has 0 radical (unpaired) electrons. The van der Waals surface area contributed by atoms with E-state index in [0.29, 0.717) is 23.7 Å². The van der Waals surface area contributed by atoms with Crippen molar-refractivity contribution in [3.8, 4) is 0 Å². The molecule has 1 aromatic carbocycles. The number of nitrogens with zero attached hydrogens (tertiary/aromatic N) is 2. The van der Waals surface area contributed by atoms with Gasteiger partial charge in [0.15, 0.2) is 0 Å². The normalized spacial score (nSPS) is 14.1. The maximum absolute atomic E-state index is 13.5. The Bertz CT molecular complexity index is 592. The number of benzene rings is 1. The van der Waals surface area contributed by atoms with Crippen molar-refractivity contribution in [2.24, 2.45) is 0 Å². The van der Waals surface area contributed by atoms with Crippen LogP contribution in [0.5, 0.6) is 0 Å². The molecular formula is C14H16Cl2FN3O. The van der Waals surface area contributed by atoms with Crippen LogP contribution in [0.4, 0.5) is 4.39 Å². The largest absolute Gasteiger partial charge is 0.390 e. The number of aliphatic hydroxyl groups excluding tert-OH is 1. The first kappa shape index (κ1) is 16.2. The minimum atomic E-state index is -0.608. The second kappa shape index (κ2) is 7.22. The summed E-state index contributed by atoms with van der Waals surface area (Å²) in [5.74, 6) is -0.512. The summed E-state index contributed by atoms with van der Waals surface area (Å²) in [6, 6.07) is 4.27. The van der Waals surface area contributed by atoms with Gasteiger partial charge in [-0.1, -0.05) is 23.2 Å². The first-order chi connectivity index (χ1) is 9.97. The highest BCUT2D eigenvalue weighted by atomic mass is 35.5. The van der Waals surface area contributed by atoms with Crippen molar-refractivity contribution >= 4 is 23.2 Å². The second-order valence-electron chi connectivity index (χ2n) is 4.80. The van der Waals surface area contributed by atoms with E-state index in [4.69, 9.17) is 23.2 Å². The molecule has 0 unspecified atom stereocenters. The molecule has 1 heterocycles. The Balaban J connectivity index is 1.92. The van der Waals surface area contributed by atoms with Gasteiger partial charge in [0.1, 0.15) is 5.82 Å². The lowest BCUT2D eigenvalue weighted by Gasteiger charge is -2.19. The minimum absolute atomic E-state index is 0.00494. The molecule has 0 saturated carbocycles. The fraction of sp³-hybridized carbons (Fsp3) is 0.357. The Morgan fingerprint density at radius 3 is 2.81 bits per heavy atom. The fourth-order valence-electron chi connectivity index (χ4n) is 1.98. The third-order valence-electron chi connectivity index (χ3n) is 3.12. The lowest BCUT2D eigenvalue weighted by molar-refractivity contribution is 0.143. The van der Waals surface area contributed by atoms with Crippen molar-refractivity contribution < 1.29 is 9.50 Å². The van der Waals surface area contributed by atoms with Crippen molar-refractivity contribution in [2.75, 3.05) is 6.54 Å². The van der Waals surface area contributed by atoms with E-state index < -0.39 is 11.9 Å². The van der Waals surface area contributed by atoms with Crippen LogP contribution in [0.3, 0.4) is 0 Å². The average Bonchev–Trinajstić information content (AvgIpc) is 2.93. The lowest BCUT2D eigenvalue weighted by Crippen LogP contribution is -2.32. The van der Waals surface area contributed by atoms with Crippen LogP contribution in [-0.2, 0) is 6.54 Å². The zero-order valence-electron chi connectivity index (χ0n) is 11.4. The third kappa shape index (κ3) is 4.41. The summed E-state index contributed by atoms with van der Waals surface area (Å²) >= 11 is 11.7. The van der Waals surface area contributed by atoms with E-state index in [1.165, 1.54) is 12.1 Å². The van der Waals surface area contributed by atoms with Gasteiger partial charge in [0.25, 0.3) is 0 Å². The van der Waals surface area contributed by atoms with Crippen molar-refractivity contribution in [3.63, 3.8) is 0 Å². The van der Waals surface area contributed by atoms with Gasteiger partial charge < -0.3 is 10.4 Å². The van der Waals surface area contributed by atoms with Crippen LogP contribution < -0.4 is 5.32 Å². The molecule has 21 heavy (non-hydrogen) atoms. The molecule has 1 aromatic heterocycles.